The SMILES string of the molecule is CCCCCCCCCCCCC/C=C/CCCCc1cc(O)cc(O)c1. The molecule has 0 amide bonds. The van der Waals surface area contributed by atoms with Gasteiger partial charge in [0.2, 0.25) is 0 Å². The summed E-state index contributed by atoms with van der Waals surface area (Å²) in [6, 6.07) is 4.85. The minimum atomic E-state index is 0.150. The van der Waals surface area contributed by atoms with Gasteiger partial charge in [-0.25, -0.2) is 0 Å². The Labute approximate surface area is 167 Å². The molecule has 2 heteroatoms. The van der Waals surface area contributed by atoms with E-state index in [0.717, 1.165) is 31.2 Å². The lowest BCUT2D eigenvalue weighted by Crippen LogP contribution is -1.85. The molecular formula is C25H42O2. The molecule has 1 rings (SSSR count). The first-order valence-electron chi connectivity index (χ1n) is 11.4. The van der Waals surface area contributed by atoms with Crippen molar-refractivity contribution in [3.63, 3.8) is 0 Å². The lowest BCUT2D eigenvalue weighted by atomic mass is 10.0. The van der Waals surface area contributed by atoms with Crippen molar-refractivity contribution < 1.29 is 10.2 Å². The number of phenolic OH excluding ortho intramolecular Hbond substituents is 2. The third-order valence-corrected chi connectivity index (χ3v) is 5.19. The summed E-state index contributed by atoms with van der Waals surface area (Å²) in [5.74, 6) is 0.300. The number of phenols is 2. The summed E-state index contributed by atoms with van der Waals surface area (Å²) in [6.07, 6.45) is 25.6. The zero-order valence-electron chi connectivity index (χ0n) is 17.6. The highest BCUT2D eigenvalue weighted by molar-refractivity contribution is 5.36. The van der Waals surface area contributed by atoms with Crippen LogP contribution in [-0.4, -0.2) is 10.2 Å². The van der Waals surface area contributed by atoms with Gasteiger partial charge < -0.3 is 10.2 Å². The number of aromatic hydroxyl groups is 2. The van der Waals surface area contributed by atoms with Crippen molar-refractivity contribution >= 4 is 0 Å². The molecule has 0 aromatic heterocycles. The fourth-order valence-electron chi connectivity index (χ4n) is 3.55. The van der Waals surface area contributed by atoms with E-state index >= 15 is 0 Å². The van der Waals surface area contributed by atoms with E-state index in [9.17, 15) is 10.2 Å². The van der Waals surface area contributed by atoms with Crippen LogP contribution in [0.5, 0.6) is 11.5 Å². The van der Waals surface area contributed by atoms with E-state index in [2.05, 4.69) is 19.1 Å². The summed E-state index contributed by atoms with van der Waals surface area (Å²) >= 11 is 0. The van der Waals surface area contributed by atoms with Crippen LogP contribution in [0.3, 0.4) is 0 Å². The van der Waals surface area contributed by atoms with Gasteiger partial charge in [-0.2, -0.15) is 0 Å². The second kappa shape index (κ2) is 16.7. The van der Waals surface area contributed by atoms with Crippen molar-refractivity contribution in [1.29, 1.82) is 0 Å². The average molecular weight is 375 g/mol. The summed E-state index contributed by atoms with van der Waals surface area (Å²) in [5.41, 5.74) is 1.01. The molecule has 1 aromatic carbocycles. The Bertz CT molecular complexity index is 473. The van der Waals surface area contributed by atoms with E-state index in [1.54, 1.807) is 12.1 Å². The van der Waals surface area contributed by atoms with Crippen LogP contribution in [0, 0.1) is 0 Å². The highest BCUT2D eigenvalue weighted by atomic mass is 16.3. The Kier molecular flexibility index (Phi) is 14.6. The summed E-state index contributed by atoms with van der Waals surface area (Å²) in [7, 11) is 0. The molecule has 154 valence electrons. The molecule has 0 atom stereocenters. The molecule has 0 saturated carbocycles. The van der Waals surface area contributed by atoms with Gasteiger partial charge in [-0.1, -0.05) is 83.3 Å². The Hall–Kier alpha value is -1.44. The molecule has 2 N–H and O–H groups in total. The normalized spacial score (nSPS) is 11.4. The van der Waals surface area contributed by atoms with Crippen LogP contribution in [-0.2, 0) is 6.42 Å². The van der Waals surface area contributed by atoms with Gasteiger partial charge in [0.25, 0.3) is 0 Å². The quantitative estimate of drug-likeness (QED) is 0.214. The average Bonchev–Trinajstić information content (AvgIpc) is 2.63. The molecule has 0 aliphatic heterocycles. The van der Waals surface area contributed by atoms with Crippen LogP contribution >= 0.6 is 0 Å². The van der Waals surface area contributed by atoms with Crippen molar-refractivity contribution in [1.82, 2.24) is 0 Å². The molecule has 0 spiro atoms. The van der Waals surface area contributed by atoms with Gasteiger partial charge in [-0.05, 0) is 56.2 Å². The summed E-state index contributed by atoms with van der Waals surface area (Å²) in [4.78, 5) is 0. The first-order valence-corrected chi connectivity index (χ1v) is 11.4. The molecule has 0 bridgehead atoms. The predicted molar refractivity (Wildman–Crippen MR) is 118 cm³/mol. The van der Waals surface area contributed by atoms with E-state index in [1.807, 2.05) is 0 Å². The van der Waals surface area contributed by atoms with Crippen molar-refractivity contribution in [2.45, 2.75) is 110 Å². The molecule has 0 unspecified atom stereocenters. The Balaban J connectivity index is 1.84. The zero-order valence-corrected chi connectivity index (χ0v) is 17.6. The third-order valence-electron chi connectivity index (χ3n) is 5.19. The van der Waals surface area contributed by atoms with Crippen LogP contribution in [0.25, 0.3) is 0 Å². The van der Waals surface area contributed by atoms with Gasteiger partial charge in [-0.15, -0.1) is 0 Å². The van der Waals surface area contributed by atoms with Gasteiger partial charge >= 0.3 is 0 Å². The number of unbranched alkanes of at least 4 members (excludes halogenated alkanes) is 13. The second-order valence-electron chi connectivity index (χ2n) is 7.90. The van der Waals surface area contributed by atoms with Gasteiger partial charge in [0, 0.05) is 6.07 Å². The number of benzene rings is 1. The molecule has 1 aromatic rings. The highest BCUT2D eigenvalue weighted by Gasteiger charge is 1.99. The highest BCUT2D eigenvalue weighted by Crippen LogP contribution is 2.21. The topological polar surface area (TPSA) is 40.5 Å². The van der Waals surface area contributed by atoms with Crippen LogP contribution < -0.4 is 0 Å². The van der Waals surface area contributed by atoms with E-state index in [1.165, 1.54) is 83.1 Å². The number of rotatable bonds is 17. The lowest BCUT2D eigenvalue weighted by molar-refractivity contribution is 0.449. The van der Waals surface area contributed by atoms with E-state index in [-0.39, 0.29) is 11.5 Å². The largest absolute Gasteiger partial charge is 0.508 e. The predicted octanol–water partition coefficient (Wildman–Crippen LogP) is 8.07. The molecule has 0 fully saturated rings. The van der Waals surface area contributed by atoms with Crippen molar-refractivity contribution in [2.24, 2.45) is 0 Å². The minimum Gasteiger partial charge on any atom is -0.508 e. The third kappa shape index (κ3) is 14.3. The van der Waals surface area contributed by atoms with Gasteiger partial charge in [0.1, 0.15) is 11.5 Å². The number of hydrogen-bond acceptors (Lipinski definition) is 2. The van der Waals surface area contributed by atoms with Crippen LogP contribution in [0.15, 0.2) is 30.4 Å². The number of aryl methyl sites for hydroxylation is 1. The smallest absolute Gasteiger partial charge is 0.119 e. The molecular weight excluding hydrogens is 332 g/mol. The first-order chi connectivity index (χ1) is 13.2. The van der Waals surface area contributed by atoms with Gasteiger partial charge in [0.05, 0.1) is 0 Å². The van der Waals surface area contributed by atoms with E-state index in [4.69, 9.17) is 0 Å². The fourth-order valence-corrected chi connectivity index (χ4v) is 3.55. The molecule has 0 aliphatic carbocycles. The Morgan fingerprint density at radius 3 is 1.56 bits per heavy atom. The first kappa shape index (κ1) is 23.6. The molecule has 0 heterocycles. The maximum absolute atomic E-state index is 9.47. The van der Waals surface area contributed by atoms with E-state index < -0.39 is 0 Å². The molecule has 0 saturated heterocycles. The molecule has 2 nitrogen and oxygen atoms in total. The van der Waals surface area contributed by atoms with Gasteiger partial charge in [-0.3, -0.25) is 0 Å². The van der Waals surface area contributed by atoms with Crippen molar-refractivity contribution in [3.05, 3.63) is 35.9 Å². The van der Waals surface area contributed by atoms with Gasteiger partial charge in [0.15, 0.2) is 0 Å². The second-order valence-corrected chi connectivity index (χ2v) is 7.90. The maximum atomic E-state index is 9.47. The Morgan fingerprint density at radius 1 is 0.593 bits per heavy atom. The monoisotopic (exact) mass is 374 g/mol. The Morgan fingerprint density at radius 2 is 1.04 bits per heavy atom. The number of hydrogen-bond donors (Lipinski definition) is 2. The fraction of sp³-hybridized carbons (Fsp3) is 0.680. The summed E-state index contributed by atoms with van der Waals surface area (Å²) in [6.45, 7) is 2.28. The number of allylic oxidation sites excluding steroid dienone is 2. The standard InChI is InChI=1S/C25H42O2/c1-2-3-4-5-6-7-8-9-10-11-12-13-14-15-16-17-18-19-23-20-24(26)22-25(27)21-23/h14-15,20-22,26-27H,2-13,16-19H2,1H3/b15-14+. The van der Waals surface area contributed by atoms with E-state index in [0.29, 0.717) is 0 Å². The summed E-state index contributed by atoms with van der Waals surface area (Å²) < 4.78 is 0. The van der Waals surface area contributed by atoms with Crippen molar-refractivity contribution in [2.75, 3.05) is 0 Å². The molecule has 0 aliphatic rings. The maximum Gasteiger partial charge on any atom is 0.119 e. The summed E-state index contributed by atoms with van der Waals surface area (Å²) in [5, 5.41) is 18.9. The van der Waals surface area contributed by atoms with Crippen molar-refractivity contribution in [3.8, 4) is 11.5 Å². The van der Waals surface area contributed by atoms with Crippen LogP contribution in [0.1, 0.15) is 109 Å². The lowest BCUT2D eigenvalue weighted by Gasteiger charge is -2.03. The van der Waals surface area contributed by atoms with Crippen LogP contribution in [0.4, 0.5) is 0 Å². The molecule has 0 radical (unpaired) electrons. The minimum absolute atomic E-state index is 0.150. The zero-order chi connectivity index (χ0) is 19.6. The molecule has 27 heavy (non-hydrogen) atoms. The van der Waals surface area contributed by atoms with Crippen LogP contribution in [0.2, 0.25) is 0 Å².